The fourth-order valence-corrected chi connectivity index (χ4v) is 4.60. The van der Waals surface area contributed by atoms with Gasteiger partial charge in [0.1, 0.15) is 23.8 Å². The molecule has 6 aromatic rings. The predicted octanol–water partition coefficient (Wildman–Crippen LogP) is 7.17. The average Bonchev–Trinajstić information content (AvgIpc) is 3.37. The molecule has 0 spiro atoms. The van der Waals surface area contributed by atoms with Crippen LogP contribution in [0.25, 0.3) is 33.5 Å². The Hall–Kier alpha value is -4.56. The summed E-state index contributed by atoms with van der Waals surface area (Å²) >= 11 is 3.51. The van der Waals surface area contributed by atoms with E-state index in [4.69, 9.17) is 14.1 Å². The van der Waals surface area contributed by atoms with Gasteiger partial charge in [0.15, 0.2) is 5.76 Å². The third-order valence-electron chi connectivity index (χ3n) is 6.02. The molecule has 2 aromatic heterocycles. The number of hydrogen-bond donors (Lipinski definition) is 0. The lowest BCUT2D eigenvalue weighted by atomic mass is 10.2. The highest BCUT2D eigenvalue weighted by Gasteiger charge is 2.16. The zero-order valence-electron chi connectivity index (χ0n) is 19.8. The Bertz CT molecular complexity index is 1860. The van der Waals surface area contributed by atoms with E-state index in [-0.39, 0.29) is 18.0 Å². The normalized spacial score (nSPS) is 11.5. The molecule has 2 heterocycles. The molecular formula is C30H19BrFN3O3. The number of halogens is 2. The highest BCUT2D eigenvalue weighted by Crippen LogP contribution is 2.28. The molecule has 0 aliphatic rings. The Morgan fingerprint density at radius 3 is 2.61 bits per heavy atom. The molecule has 186 valence electrons. The van der Waals surface area contributed by atoms with Crippen molar-refractivity contribution in [2.45, 2.75) is 6.61 Å². The van der Waals surface area contributed by atoms with E-state index in [1.54, 1.807) is 60.8 Å². The van der Waals surface area contributed by atoms with Crippen LogP contribution in [-0.4, -0.2) is 15.9 Å². The average molecular weight is 568 g/mol. The second-order valence-corrected chi connectivity index (χ2v) is 9.39. The highest BCUT2D eigenvalue weighted by atomic mass is 79.9. The molecule has 0 saturated carbocycles. The number of benzene rings is 4. The summed E-state index contributed by atoms with van der Waals surface area (Å²) in [5, 5.41) is 5.84. The van der Waals surface area contributed by atoms with Crippen molar-refractivity contribution in [2.75, 3.05) is 0 Å². The van der Waals surface area contributed by atoms with E-state index < -0.39 is 0 Å². The number of rotatable bonds is 6. The Morgan fingerprint density at radius 2 is 1.76 bits per heavy atom. The lowest BCUT2D eigenvalue weighted by molar-refractivity contribution is 0.298. The first-order chi connectivity index (χ1) is 18.6. The molecule has 0 fully saturated rings. The number of furan rings is 1. The molecule has 0 bridgehead atoms. The van der Waals surface area contributed by atoms with Crippen LogP contribution < -0.4 is 10.3 Å². The minimum atomic E-state index is -0.318. The number of hydrogen-bond acceptors (Lipinski definition) is 5. The van der Waals surface area contributed by atoms with Crippen molar-refractivity contribution >= 4 is 44.0 Å². The number of para-hydroxylation sites is 2. The summed E-state index contributed by atoms with van der Waals surface area (Å²) in [4.78, 5) is 18.1. The molecule has 0 aliphatic heterocycles. The van der Waals surface area contributed by atoms with Crippen molar-refractivity contribution in [1.82, 2.24) is 9.66 Å². The molecule has 0 saturated heterocycles. The standard InChI is InChI=1S/C30H19BrFN3O3/c31-23-15-19(13-14-27(23)37-18-21-8-1-4-10-24(21)32)17-33-35-29(28-16-20-7-2-6-12-26(20)38-28)34-25-11-5-3-9-22(25)30(35)36/h1-17H,18H2. The first-order valence-corrected chi connectivity index (χ1v) is 12.6. The lowest BCUT2D eigenvalue weighted by Gasteiger charge is -2.10. The first-order valence-electron chi connectivity index (χ1n) is 11.8. The number of ether oxygens (including phenoxy) is 1. The van der Waals surface area contributed by atoms with E-state index in [9.17, 15) is 9.18 Å². The third kappa shape index (κ3) is 4.62. The SMILES string of the molecule is O=c1c2ccccc2nc(-c2cc3ccccc3o2)n1N=Cc1ccc(OCc2ccccc2F)c(Br)c1. The van der Waals surface area contributed by atoms with E-state index >= 15 is 0 Å². The molecule has 0 aliphatic carbocycles. The van der Waals surface area contributed by atoms with Crippen molar-refractivity contribution in [1.29, 1.82) is 0 Å². The Kier molecular flexibility index (Phi) is 6.31. The maximum atomic E-state index is 13.9. The fraction of sp³-hybridized carbons (Fsp3) is 0.0333. The van der Waals surface area contributed by atoms with E-state index in [1.807, 2.05) is 36.4 Å². The number of fused-ring (bicyclic) bond motifs is 2. The van der Waals surface area contributed by atoms with Gasteiger partial charge in [-0.1, -0.05) is 48.5 Å². The van der Waals surface area contributed by atoms with Crippen LogP contribution in [0.2, 0.25) is 0 Å². The van der Waals surface area contributed by atoms with Gasteiger partial charge in [-0.3, -0.25) is 4.79 Å². The van der Waals surface area contributed by atoms with E-state index in [2.05, 4.69) is 21.0 Å². The molecule has 6 nitrogen and oxygen atoms in total. The van der Waals surface area contributed by atoms with Gasteiger partial charge in [-0.2, -0.15) is 9.78 Å². The van der Waals surface area contributed by atoms with E-state index in [1.165, 1.54) is 10.7 Å². The van der Waals surface area contributed by atoms with E-state index in [0.717, 1.165) is 5.39 Å². The maximum absolute atomic E-state index is 13.9. The van der Waals surface area contributed by atoms with Crippen LogP contribution in [0.3, 0.4) is 0 Å². The van der Waals surface area contributed by atoms with Gasteiger partial charge >= 0.3 is 0 Å². The van der Waals surface area contributed by atoms with Crippen molar-refractivity contribution < 1.29 is 13.5 Å². The van der Waals surface area contributed by atoms with Crippen LogP contribution in [0.4, 0.5) is 4.39 Å². The summed E-state index contributed by atoms with van der Waals surface area (Å²) in [5.74, 6) is 0.967. The molecule has 0 N–H and O–H groups in total. The van der Waals surface area contributed by atoms with E-state index in [0.29, 0.717) is 49.4 Å². The number of aromatic nitrogens is 2. The number of nitrogens with zero attached hydrogens (tertiary/aromatic N) is 3. The Labute approximate surface area is 224 Å². The molecule has 4 aromatic carbocycles. The second-order valence-electron chi connectivity index (χ2n) is 8.53. The molecule has 0 amide bonds. The molecular weight excluding hydrogens is 549 g/mol. The maximum Gasteiger partial charge on any atom is 0.282 e. The summed E-state index contributed by atoms with van der Waals surface area (Å²) in [6, 6.07) is 28.4. The zero-order valence-corrected chi connectivity index (χ0v) is 21.4. The molecule has 38 heavy (non-hydrogen) atoms. The Morgan fingerprint density at radius 1 is 0.974 bits per heavy atom. The summed E-state index contributed by atoms with van der Waals surface area (Å²) < 4.78 is 27.6. The van der Waals surface area contributed by atoms with Gasteiger partial charge in [-0.15, -0.1) is 0 Å². The topological polar surface area (TPSA) is 69.6 Å². The van der Waals surface area contributed by atoms with Crippen molar-refractivity contribution in [3.8, 4) is 17.3 Å². The fourth-order valence-electron chi connectivity index (χ4n) is 4.09. The van der Waals surface area contributed by atoms with Crippen molar-refractivity contribution in [2.24, 2.45) is 5.10 Å². The first kappa shape index (κ1) is 23.8. The van der Waals surface area contributed by atoms with Crippen LogP contribution in [0, 0.1) is 5.82 Å². The van der Waals surface area contributed by atoms with Crippen LogP contribution in [-0.2, 0) is 6.61 Å². The van der Waals surface area contributed by atoms with Gasteiger partial charge < -0.3 is 9.15 Å². The molecule has 0 atom stereocenters. The van der Waals surface area contributed by atoms with Crippen LogP contribution in [0.15, 0.2) is 116 Å². The zero-order chi connectivity index (χ0) is 26.1. The quantitative estimate of drug-likeness (QED) is 0.200. The summed E-state index contributed by atoms with van der Waals surface area (Å²) in [6.07, 6.45) is 1.56. The van der Waals surface area contributed by atoms with Crippen LogP contribution >= 0.6 is 15.9 Å². The molecule has 0 radical (unpaired) electrons. The van der Waals surface area contributed by atoms with Gasteiger partial charge in [-0.05, 0) is 70.0 Å². The lowest BCUT2D eigenvalue weighted by Crippen LogP contribution is -2.20. The second kappa shape index (κ2) is 10.1. The smallest absolute Gasteiger partial charge is 0.282 e. The summed E-state index contributed by atoms with van der Waals surface area (Å²) in [7, 11) is 0. The highest BCUT2D eigenvalue weighted by molar-refractivity contribution is 9.10. The third-order valence-corrected chi connectivity index (χ3v) is 6.64. The summed E-state index contributed by atoms with van der Waals surface area (Å²) in [5.41, 5.74) is 2.11. The largest absolute Gasteiger partial charge is 0.488 e. The summed E-state index contributed by atoms with van der Waals surface area (Å²) in [6.45, 7) is 0.0950. The van der Waals surface area contributed by atoms with Crippen LogP contribution in [0.1, 0.15) is 11.1 Å². The minimum Gasteiger partial charge on any atom is -0.488 e. The van der Waals surface area contributed by atoms with Crippen molar-refractivity contribution in [3.05, 3.63) is 129 Å². The predicted molar refractivity (Wildman–Crippen MR) is 149 cm³/mol. The van der Waals surface area contributed by atoms with Gasteiger partial charge in [0.25, 0.3) is 5.56 Å². The van der Waals surface area contributed by atoms with Crippen LogP contribution in [0.5, 0.6) is 5.75 Å². The Balaban J connectivity index is 1.35. The van der Waals surface area contributed by atoms with Gasteiger partial charge in [-0.25, -0.2) is 9.37 Å². The molecule has 8 heteroatoms. The van der Waals surface area contributed by atoms with Crippen molar-refractivity contribution in [3.63, 3.8) is 0 Å². The molecule has 6 rings (SSSR count). The monoisotopic (exact) mass is 567 g/mol. The van der Waals surface area contributed by atoms with Gasteiger partial charge in [0.05, 0.1) is 21.6 Å². The molecule has 0 unspecified atom stereocenters. The van der Waals surface area contributed by atoms with Gasteiger partial charge in [0.2, 0.25) is 5.82 Å². The van der Waals surface area contributed by atoms with Gasteiger partial charge in [0, 0.05) is 10.9 Å². The minimum absolute atomic E-state index is 0.0950.